The van der Waals surface area contributed by atoms with E-state index in [1.165, 1.54) is 42.6 Å². The van der Waals surface area contributed by atoms with Gasteiger partial charge in [0.1, 0.15) is 0 Å². The maximum atomic E-state index is 13.4. The van der Waals surface area contributed by atoms with Crippen LogP contribution in [0.2, 0.25) is 0 Å². The van der Waals surface area contributed by atoms with Gasteiger partial charge in [0.05, 0.1) is 5.69 Å². The molecular formula is C26H36N2OS. The summed E-state index contributed by atoms with van der Waals surface area (Å²) in [6, 6.07) is 19.0. The first-order valence-electron chi connectivity index (χ1n) is 11.3. The van der Waals surface area contributed by atoms with Gasteiger partial charge >= 0.3 is 0 Å². The second kappa shape index (κ2) is 12.2. The monoisotopic (exact) mass is 424 g/mol. The lowest BCUT2D eigenvalue weighted by Crippen LogP contribution is -2.35. The van der Waals surface area contributed by atoms with Crippen molar-refractivity contribution < 1.29 is 4.79 Å². The fraction of sp³-hybridized carbons (Fsp3) is 0.500. The van der Waals surface area contributed by atoms with E-state index in [1.807, 2.05) is 11.8 Å². The zero-order valence-corrected chi connectivity index (χ0v) is 19.4. The first-order chi connectivity index (χ1) is 14.6. The molecule has 30 heavy (non-hydrogen) atoms. The van der Waals surface area contributed by atoms with Crippen LogP contribution in [0.3, 0.4) is 0 Å². The molecule has 2 aromatic rings. The highest BCUT2D eigenvalue weighted by Crippen LogP contribution is 2.34. The number of amides is 1. The van der Waals surface area contributed by atoms with E-state index >= 15 is 0 Å². The van der Waals surface area contributed by atoms with E-state index in [4.69, 9.17) is 0 Å². The molecule has 0 saturated heterocycles. The Balaban J connectivity index is 1.74. The van der Waals surface area contributed by atoms with Crippen LogP contribution in [0.5, 0.6) is 0 Å². The SMILES string of the molecule is CN(C)CCCN(C(=O)CC1CCCCC1)c1ccccc1SCc1ccccc1. The van der Waals surface area contributed by atoms with E-state index in [0.29, 0.717) is 18.2 Å². The molecule has 1 amide bonds. The molecule has 4 heteroatoms. The number of nitrogens with zero attached hydrogens (tertiary/aromatic N) is 2. The fourth-order valence-electron chi connectivity index (χ4n) is 4.21. The van der Waals surface area contributed by atoms with E-state index in [1.54, 1.807) is 0 Å². The van der Waals surface area contributed by atoms with Crippen molar-refractivity contribution in [3.05, 3.63) is 60.2 Å². The minimum Gasteiger partial charge on any atom is -0.311 e. The van der Waals surface area contributed by atoms with Crippen LogP contribution in [0, 0.1) is 5.92 Å². The van der Waals surface area contributed by atoms with Crippen LogP contribution >= 0.6 is 11.8 Å². The lowest BCUT2D eigenvalue weighted by molar-refractivity contribution is -0.119. The molecule has 1 saturated carbocycles. The molecule has 3 nitrogen and oxygen atoms in total. The molecule has 0 atom stereocenters. The number of hydrogen-bond acceptors (Lipinski definition) is 3. The average Bonchev–Trinajstić information content (AvgIpc) is 2.77. The molecule has 0 aromatic heterocycles. The minimum absolute atomic E-state index is 0.299. The Labute approximate surface area is 186 Å². The third-order valence-corrected chi connectivity index (χ3v) is 7.00. The fourth-order valence-corrected chi connectivity index (χ4v) is 5.23. The van der Waals surface area contributed by atoms with Gasteiger partial charge in [0.15, 0.2) is 0 Å². The van der Waals surface area contributed by atoms with Crippen LogP contribution in [-0.4, -0.2) is 38.0 Å². The lowest BCUT2D eigenvalue weighted by atomic mass is 9.86. The molecule has 3 rings (SSSR count). The zero-order valence-electron chi connectivity index (χ0n) is 18.6. The summed E-state index contributed by atoms with van der Waals surface area (Å²) in [4.78, 5) is 18.9. The van der Waals surface area contributed by atoms with Crippen LogP contribution < -0.4 is 4.90 Å². The average molecular weight is 425 g/mol. The van der Waals surface area contributed by atoms with Gasteiger partial charge in [-0.3, -0.25) is 4.79 Å². The number of hydrogen-bond donors (Lipinski definition) is 0. The number of rotatable bonds is 10. The summed E-state index contributed by atoms with van der Waals surface area (Å²) in [5.41, 5.74) is 2.39. The Kier molecular flexibility index (Phi) is 9.28. The van der Waals surface area contributed by atoms with Gasteiger partial charge in [0, 0.05) is 23.6 Å². The van der Waals surface area contributed by atoms with Gasteiger partial charge in [-0.05, 0) is 63.5 Å². The molecular weight excluding hydrogens is 388 g/mol. The van der Waals surface area contributed by atoms with Crippen molar-refractivity contribution in [1.82, 2.24) is 4.90 Å². The van der Waals surface area contributed by atoms with Crippen molar-refractivity contribution in [3.63, 3.8) is 0 Å². The summed E-state index contributed by atoms with van der Waals surface area (Å²) >= 11 is 1.83. The van der Waals surface area contributed by atoms with Crippen molar-refractivity contribution in [2.45, 2.75) is 55.6 Å². The molecule has 0 unspecified atom stereocenters. The highest BCUT2D eigenvalue weighted by Gasteiger charge is 2.23. The van der Waals surface area contributed by atoms with Gasteiger partial charge in [-0.25, -0.2) is 0 Å². The predicted octanol–water partition coefficient (Wildman–Crippen LogP) is 6.23. The summed E-state index contributed by atoms with van der Waals surface area (Å²) in [5.74, 6) is 1.78. The number of para-hydroxylation sites is 1. The molecule has 162 valence electrons. The minimum atomic E-state index is 0.299. The lowest BCUT2D eigenvalue weighted by Gasteiger charge is -2.29. The second-order valence-electron chi connectivity index (χ2n) is 8.65. The number of carbonyl (C=O) groups is 1. The molecule has 0 heterocycles. The molecule has 1 aliphatic rings. The number of thioether (sulfide) groups is 1. The van der Waals surface area contributed by atoms with E-state index in [-0.39, 0.29) is 0 Å². The van der Waals surface area contributed by atoms with Crippen LogP contribution in [0.25, 0.3) is 0 Å². The molecule has 1 fully saturated rings. The molecule has 0 radical (unpaired) electrons. The summed E-state index contributed by atoms with van der Waals surface area (Å²) < 4.78 is 0. The maximum Gasteiger partial charge on any atom is 0.227 e. The molecule has 0 aliphatic heterocycles. The standard InChI is InChI=1S/C26H36N2OS/c1-27(2)18-11-19-28(26(29)20-22-12-5-3-6-13-22)24-16-9-10-17-25(24)30-21-23-14-7-4-8-15-23/h4,7-10,14-17,22H,3,5-6,11-13,18-21H2,1-2H3. The van der Waals surface area contributed by atoms with Gasteiger partial charge in [0.25, 0.3) is 0 Å². The number of carbonyl (C=O) groups excluding carboxylic acids is 1. The zero-order chi connectivity index (χ0) is 21.2. The normalized spacial score (nSPS) is 14.8. The third kappa shape index (κ3) is 7.17. The van der Waals surface area contributed by atoms with Crippen LogP contribution in [-0.2, 0) is 10.5 Å². The number of benzene rings is 2. The van der Waals surface area contributed by atoms with Crippen molar-refractivity contribution in [1.29, 1.82) is 0 Å². The van der Waals surface area contributed by atoms with Crippen molar-refractivity contribution in [2.75, 3.05) is 32.1 Å². The summed E-state index contributed by atoms with van der Waals surface area (Å²) in [5, 5.41) is 0. The summed E-state index contributed by atoms with van der Waals surface area (Å²) in [6.07, 6.45) is 7.99. The Bertz CT molecular complexity index is 772. The first-order valence-corrected chi connectivity index (χ1v) is 12.3. The molecule has 0 spiro atoms. The Hall–Kier alpha value is -1.78. The smallest absolute Gasteiger partial charge is 0.227 e. The largest absolute Gasteiger partial charge is 0.311 e. The molecule has 0 bridgehead atoms. The van der Waals surface area contributed by atoms with Crippen LogP contribution in [0.4, 0.5) is 5.69 Å². The Morgan fingerprint density at radius 1 is 0.933 bits per heavy atom. The van der Waals surface area contributed by atoms with E-state index in [9.17, 15) is 4.79 Å². The maximum absolute atomic E-state index is 13.4. The molecule has 0 N–H and O–H groups in total. The van der Waals surface area contributed by atoms with Gasteiger partial charge < -0.3 is 9.80 Å². The first kappa shape index (κ1) is 22.9. The van der Waals surface area contributed by atoms with E-state index < -0.39 is 0 Å². The van der Waals surface area contributed by atoms with Crippen molar-refractivity contribution >= 4 is 23.4 Å². The predicted molar refractivity (Wildman–Crippen MR) is 129 cm³/mol. The van der Waals surface area contributed by atoms with Gasteiger partial charge in [-0.2, -0.15) is 0 Å². The van der Waals surface area contributed by atoms with Crippen molar-refractivity contribution in [2.24, 2.45) is 5.92 Å². The van der Waals surface area contributed by atoms with Crippen LogP contribution in [0.1, 0.15) is 50.5 Å². The highest BCUT2D eigenvalue weighted by molar-refractivity contribution is 7.98. The Morgan fingerprint density at radius 3 is 2.37 bits per heavy atom. The van der Waals surface area contributed by atoms with Gasteiger partial charge in [-0.15, -0.1) is 11.8 Å². The van der Waals surface area contributed by atoms with Crippen molar-refractivity contribution in [3.8, 4) is 0 Å². The van der Waals surface area contributed by atoms with E-state index in [2.05, 4.69) is 78.5 Å². The highest BCUT2D eigenvalue weighted by atomic mass is 32.2. The molecule has 2 aromatic carbocycles. The second-order valence-corrected chi connectivity index (χ2v) is 9.67. The van der Waals surface area contributed by atoms with Gasteiger partial charge in [-0.1, -0.05) is 61.7 Å². The third-order valence-electron chi connectivity index (χ3n) is 5.87. The number of anilines is 1. The Morgan fingerprint density at radius 2 is 1.63 bits per heavy atom. The molecule has 1 aliphatic carbocycles. The summed E-state index contributed by atoms with van der Waals surface area (Å²) in [6.45, 7) is 1.78. The topological polar surface area (TPSA) is 23.6 Å². The van der Waals surface area contributed by atoms with Crippen LogP contribution in [0.15, 0.2) is 59.5 Å². The quantitative estimate of drug-likeness (QED) is 0.422. The van der Waals surface area contributed by atoms with E-state index in [0.717, 1.165) is 31.0 Å². The summed E-state index contributed by atoms with van der Waals surface area (Å²) in [7, 11) is 4.19. The van der Waals surface area contributed by atoms with Gasteiger partial charge in [0.2, 0.25) is 5.91 Å².